The van der Waals surface area contributed by atoms with Crippen molar-refractivity contribution in [2.24, 2.45) is 5.73 Å². The van der Waals surface area contributed by atoms with Crippen LogP contribution >= 0.6 is 0 Å². The van der Waals surface area contributed by atoms with E-state index in [-0.39, 0.29) is 12.5 Å². The van der Waals surface area contributed by atoms with Gasteiger partial charge in [0.25, 0.3) is 5.91 Å². The topological polar surface area (TPSA) is 84.7 Å². The number of nitrogens with one attached hydrogen (secondary N) is 1. The van der Waals surface area contributed by atoms with Crippen LogP contribution < -0.4 is 15.8 Å². The maximum absolute atomic E-state index is 11.8. The summed E-state index contributed by atoms with van der Waals surface area (Å²) in [5, 5.41) is 2.87. The van der Waals surface area contributed by atoms with Gasteiger partial charge >= 0.3 is 0 Å². The minimum absolute atomic E-state index is 0.0318. The molecule has 0 spiro atoms. The molecule has 2 rings (SSSR count). The van der Waals surface area contributed by atoms with Crippen molar-refractivity contribution in [1.29, 1.82) is 0 Å². The van der Waals surface area contributed by atoms with Crippen LogP contribution in [0.4, 0.5) is 0 Å². The van der Waals surface area contributed by atoms with E-state index < -0.39 is 5.91 Å². The number of nitrogens with two attached hydrogens (primary N) is 1. The molecular formula is C17H25N3O3. The Morgan fingerprint density at radius 3 is 2.35 bits per heavy atom. The summed E-state index contributed by atoms with van der Waals surface area (Å²) in [5.74, 6) is -0.0840. The number of amides is 2. The van der Waals surface area contributed by atoms with Crippen LogP contribution in [0.2, 0.25) is 0 Å². The quantitative estimate of drug-likeness (QED) is 0.790. The number of likely N-dealkylation sites (tertiary alicyclic amines) is 1. The number of hydrogen-bond acceptors (Lipinski definition) is 4. The standard InChI is InChI=1S/C17H25N3O3/c18-17(22)14-5-7-15(8-6-14)23-13-16(21)19-9-12-20-10-3-1-2-4-11-20/h5-8H,1-4,9-13H2,(H2,18,22)(H,19,21). The monoisotopic (exact) mass is 319 g/mol. The minimum Gasteiger partial charge on any atom is -0.484 e. The minimum atomic E-state index is -0.484. The van der Waals surface area contributed by atoms with Crippen molar-refractivity contribution in [1.82, 2.24) is 10.2 Å². The molecule has 1 aliphatic rings. The van der Waals surface area contributed by atoms with Gasteiger partial charge in [-0.25, -0.2) is 0 Å². The molecule has 3 N–H and O–H groups in total. The molecule has 0 unspecified atom stereocenters. The highest BCUT2D eigenvalue weighted by Crippen LogP contribution is 2.11. The molecule has 2 amide bonds. The van der Waals surface area contributed by atoms with Gasteiger partial charge in [0, 0.05) is 18.7 Å². The van der Waals surface area contributed by atoms with Crippen molar-refractivity contribution in [2.75, 3.05) is 32.8 Å². The predicted molar refractivity (Wildman–Crippen MR) is 88.4 cm³/mol. The summed E-state index contributed by atoms with van der Waals surface area (Å²) in [4.78, 5) is 25.1. The molecule has 0 atom stereocenters. The van der Waals surface area contributed by atoms with Crippen LogP contribution in [0.25, 0.3) is 0 Å². The molecule has 1 aliphatic heterocycles. The van der Waals surface area contributed by atoms with Gasteiger partial charge in [-0.2, -0.15) is 0 Å². The van der Waals surface area contributed by atoms with Gasteiger partial charge in [0.1, 0.15) is 5.75 Å². The lowest BCUT2D eigenvalue weighted by Gasteiger charge is -2.19. The van der Waals surface area contributed by atoms with Gasteiger partial charge in [-0.1, -0.05) is 12.8 Å². The lowest BCUT2D eigenvalue weighted by atomic mass is 10.2. The summed E-state index contributed by atoms with van der Waals surface area (Å²) in [7, 11) is 0. The molecule has 0 radical (unpaired) electrons. The highest BCUT2D eigenvalue weighted by atomic mass is 16.5. The molecule has 0 saturated carbocycles. The van der Waals surface area contributed by atoms with Crippen molar-refractivity contribution in [2.45, 2.75) is 25.7 Å². The fourth-order valence-electron chi connectivity index (χ4n) is 2.63. The first-order valence-corrected chi connectivity index (χ1v) is 8.17. The third-order valence-electron chi connectivity index (χ3n) is 3.96. The first kappa shape index (κ1) is 17.3. The van der Waals surface area contributed by atoms with Crippen LogP contribution in [-0.2, 0) is 4.79 Å². The summed E-state index contributed by atoms with van der Waals surface area (Å²) in [6.07, 6.45) is 5.12. The highest BCUT2D eigenvalue weighted by molar-refractivity contribution is 5.92. The van der Waals surface area contributed by atoms with Crippen LogP contribution in [0.1, 0.15) is 36.0 Å². The maximum Gasteiger partial charge on any atom is 0.257 e. The van der Waals surface area contributed by atoms with Crippen molar-refractivity contribution in [3.63, 3.8) is 0 Å². The van der Waals surface area contributed by atoms with E-state index in [0.29, 0.717) is 17.9 Å². The van der Waals surface area contributed by atoms with Crippen molar-refractivity contribution in [3.05, 3.63) is 29.8 Å². The van der Waals surface area contributed by atoms with Crippen LogP contribution in [0.3, 0.4) is 0 Å². The molecule has 126 valence electrons. The summed E-state index contributed by atoms with van der Waals surface area (Å²) in [5.41, 5.74) is 5.58. The van der Waals surface area contributed by atoms with Gasteiger partial charge in [0.15, 0.2) is 6.61 Å². The molecule has 23 heavy (non-hydrogen) atoms. The smallest absolute Gasteiger partial charge is 0.257 e. The summed E-state index contributed by atoms with van der Waals surface area (Å²) in [6, 6.07) is 6.42. The third-order valence-corrected chi connectivity index (χ3v) is 3.96. The van der Waals surface area contributed by atoms with E-state index in [1.165, 1.54) is 25.7 Å². The zero-order valence-electron chi connectivity index (χ0n) is 13.4. The lowest BCUT2D eigenvalue weighted by molar-refractivity contribution is -0.123. The van der Waals surface area contributed by atoms with E-state index in [2.05, 4.69) is 10.2 Å². The van der Waals surface area contributed by atoms with Gasteiger partial charge in [0.2, 0.25) is 5.91 Å². The molecule has 1 heterocycles. The average Bonchev–Trinajstić information content (AvgIpc) is 2.82. The Hall–Kier alpha value is -2.08. The highest BCUT2D eigenvalue weighted by Gasteiger charge is 2.09. The molecule has 6 heteroatoms. The number of benzene rings is 1. The first-order valence-electron chi connectivity index (χ1n) is 8.17. The van der Waals surface area contributed by atoms with Gasteiger partial charge in [-0.15, -0.1) is 0 Å². The fourth-order valence-corrected chi connectivity index (χ4v) is 2.63. The van der Waals surface area contributed by atoms with Crippen molar-refractivity contribution >= 4 is 11.8 Å². The largest absolute Gasteiger partial charge is 0.484 e. The number of carbonyl (C=O) groups is 2. The molecule has 6 nitrogen and oxygen atoms in total. The number of ether oxygens (including phenoxy) is 1. The van der Waals surface area contributed by atoms with Gasteiger partial charge in [-0.05, 0) is 50.2 Å². The van der Waals surface area contributed by atoms with E-state index in [0.717, 1.165) is 19.6 Å². The number of carbonyl (C=O) groups excluding carboxylic acids is 2. The van der Waals surface area contributed by atoms with Gasteiger partial charge in [-0.3, -0.25) is 9.59 Å². The van der Waals surface area contributed by atoms with E-state index in [9.17, 15) is 9.59 Å². The van der Waals surface area contributed by atoms with E-state index in [4.69, 9.17) is 10.5 Å². The lowest BCUT2D eigenvalue weighted by Crippen LogP contribution is -2.37. The Morgan fingerprint density at radius 2 is 1.74 bits per heavy atom. The Balaban J connectivity index is 1.63. The SMILES string of the molecule is NC(=O)c1ccc(OCC(=O)NCCN2CCCCCC2)cc1. The van der Waals surface area contributed by atoms with Crippen molar-refractivity contribution in [3.8, 4) is 5.75 Å². The Kier molecular flexibility index (Phi) is 6.87. The summed E-state index contributed by atoms with van der Waals surface area (Å²) < 4.78 is 5.39. The predicted octanol–water partition coefficient (Wildman–Crippen LogP) is 1.16. The summed E-state index contributed by atoms with van der Waals surface area (Å²) in [6.45, 7) is 3.74. The van der Waals surface area contributed by atoms with Crippen LogP contribution in [0.5, 0.6) is 5.75 Å². The van der Waals surface area contributed by atoms with E-state index >= 15 is 0 Å². The first-order chi connectivity index (χ1) is 11.1. The molecule has 1 aromatic rings. The third kappa shape index (κ3) is 6.28. The number of primary amides is 1. The molecule has 0 aliphatic carbocycles. The molecule has 0 aromatic heterocycles. The second kappa shape index (κ2) is 9.15. The Morgan fingerprint density at radius 1 is 1.09 bits per heavy atom. The van der Waals surface area contributed by atoms with E-state index in [1.54, 1.807) is 24.3 Å². The molecule has 1 aromatic carbocycles. The zero-order chi connectivity index (χ0) is 16.5. The Labute approximate surface area is 137 Å². The van der Waals surface area contributed by atoms with E-state index in [1.807, 2.05) is 0 Å². The van der Waals surface area contributed by atoms with Crippen LogP contribution in [0, 0.1) is 0 Å². The number of hydrogen-bond donors (Lipinski definition) is 2. The maximum atomic E-state index is 11.8. The second-order valence-corrected chi connectivity index (χ2v) is 5.78. The van der Waals surface area contributed by atoms with Gasteiger partial charge in [0.05, 0.1) is 0 Å². The molecular weight excluding hydrogens is 294 g/mol. The molecule has 1 saturated heterocycles. The summed E-state index contributed by atoms with van der Waals surface area (Å²) >= 11 is 0. The Bertz CT molecular complexity index is 508. The number of rotatable bonds is 7. The normalized spacial score (nSPS) is 15.7. The fraction of sp³-hybridized carbons (Fsp3) is 0.529. The molecule has 1 fully saturated rings. The van der Waals surface area contributed by atoms with Crippen molar-refractivity contribution < 1.29 is 14.3 Å². The van der Waals surface area contributed by atoms with Gasteiger partial charge < -0.3 is 20.7 Å². The second-order valence-electron chi connectivity index (χ2n) is 5.78. The van der Waals surface area contributed by atoms with Crippen LogP contribution in [0.15, 0.2) is 24.3 Å². The van der Waals surface area contributed by atoms with Crippen LogP contribution in [-0.4, -0.2) is 49.5 Å². The number of nitrogens with zero attached hydrogens (tertiary/aromatic N) is 1. The zero-order valence-corrected chi connectivity index (χ0v) is 13.4. The molecule has 0 bridgehead atoms. The average molecular weight is 319 g/mol.